The van der Waals surface area contributed by atoms with Crippen LogP contribution in [0.25, 0.3) is 0 Å². The molecule has 2 rings (SSSR count). The van der Waals surface area contributed by atoms with Crippen molar-refractivity contribution in [3.63, 3.8) is 0 Å². The second kappa shape index (κ2) is 3.69. The summed E-state index contributed by atoms with van der Waals surface area (Å²) in [6.45, 7) is 0.978. The number of nitrogens with two attached hydrogens (primary N) is 1. The van der Waals surface area contributed by atoms with Crippen molar-refractivity contribution < 1.29 is 0 Å². The molecule has 0 aliphatic carbocycles. The van der Waals surface area contributed by atoms with E-state index < -0.39 is 0 Å². The normalized spacial score (nSPS) is 15.4. The zero-order chi connectivity index (χ0) is 9.97. The predicted octanol–water partition coefficient (Wildman–Crippen LogP) is 1.57. The summed E-state index contributed by atoms with van der Waals surface area (Å²) in [5.41, 5.74) is 9.45. The second-order valence-corrected chi connectivity index (χ2v) is 3.53. The van der Waals surface area contributed by atoms with Crippen LogP contribution in [0.4, 0.5) is 5.69 Å². The van der Waals surface area contributed by atoms with Crippen molar-refractivity contribution in [1.82, 2.24) is 0 Å². The maximum Gasteiger partial charge on any atom is 0.0641 e. The number of nitrogens with zero attached hydrogens (tertiary/aromatic N) is 1. The Morgan fingerprint density at radius 1 is 1.57 bits per heavy atom. The Hall–Kier alpha value is -1.53. The van der Waals surface area contributed by atoms with Gasteiger partial charge in [-0.3, -0.25) is 0 Å². The minimum Gasteiger partial charge on any atom is -0.384 e. The largest absolute Gasteiger partial charge is 0.384 e. The van der Waals surface area contributed by atoms with Crippen LogP contribution in [-0.2, 0) is 6.42 Å². The van der Waals surface area contributed by atoms with E-state index in [0.717, 1.165) is 24.2 Å². The lowest BCUT2D eigenvalue weighted by Gasteiger charge is -2.13. The number of nitrogens with one attached hydrogen (secondary N) is 1. The Bertz CT molecular complexity index is 379. The summed E-state index contributed by atoms with van der Waals surface area (Å²) in [6.07, 6.45) is 1.43. The van der Waals surface area contributed by atoms with E-state index in [4.69, 9.17) is 11.0 Å². The minimum atomic E-state index is -0.166. The fourth-order valence-electron chi connectivity index (χ4n) is 1.88. The third-order valence-electron chi connectivity index (χ3n) is 2.59. The molecule has 3 nitrogen and oxygen atoms in total. The third-order valence-corrected chi connectivity index (χ3v) is 2.59. The monoisotopic (exact) mass is 187 g/mol. The molecule has 1 aromatic carbocycles. The summed E-state index contributed by atoms with van der Waals surface area (Å²) in [7, 11) is 0. The van der Waals surface area contributed by atoms with Gasteiger partial charge in [-0.05, 0) is 17.5 Å². The predicted molar refractivity (Wildman–Crippen MR) is 55.8 cm³/mol. The van der Waals surface area contributed by atoms with Crippen LogP contribution < -0.4 is 11.1 Å². The van der Waals surface area contributed by atoms with Crippen molar-refractivity contribution in [2.24, 2.45) is 5.73 Å². The minimum absolute atomic E-state index is 0.166. The smallest absolute Gasteiger partial charge is 0.0641 e. The Labute approximate surface area is 83.5 Å². The zero-order valence-electron chi connectivity index (χ0n) is 7.96. The number of rotatable bonds is 2. The van der Waals surface area contributed by atoms with Crippen molar-refractivity contribution in [2.75, 3.05) is 11.9 Å². The molecule has 3 N–H and O–H groups in total. The first kappa shape index (κ1) is 9.04. The van der Waals surface area contributed by atoms with Crippen LogP contribution in [0.2, 0.25) is 0 Å². The molecule has 72 valence electrons. The first-order valence-corrected chi connectivity index (χ1v) is 4.81. The molecule has 0 spiro atoms. The summed E-state index contributed by atoms with van der Waals surface area (Å²) in [4.78, 5) is 0. The van der Waals surface area contributed by atoms with E-state index in [1.807, 2.05) is 12.1 Å². The Balaban J connectivity index is 2.35. The fourth-order valence-corrected chi connectivity index (χ4v) is 1.88. The lowest BCUT2D eigenvalue weighted by Crippen LogP contribution is -2.11. The molecular formula is C11H13N3. The molecule has 1 aliphatic heterocycles. The summed E-state index contributed by atoms with van der Waals surface area (Å²) in [5.74, 6) is 0. The van der Waals surface area contributed by atoms with Gasteiger partial charge in [0.1, 0.15) is 0 Å². The highest BCUT2D eigenvalue weighted by molar-refractivity contribution is 5.62. The molecule has 0 saturated carbocycles. The molecule has 0 saturated heterocycles. The molecule has 1 heterocycles. The average molecular weight is 187 g/mol. The molecular weight excluding hydrogens is 174 g/mol. The van der Waals surface area contributed by atoms with Crippen LogP contribution in [0.5, 0.6) is 0 Å². The first-order chi connectivity index (χ1) is 6.83. The molecule has 14 heavy (non-hydrogen) atoms. The quantitative estimate of drug-likeness (QED) is 0.738. The van der Waals surface area contributed by atoms with Gasteiger partial charge in [0.15, 0.2) is 0 Å². The van der Waals surface area contributed by atoms with Gasteiger partial charge in [-0.15, -0.1) is 0 Å². The lowest BCUT2D eigenvalue weighted by atomic mass is 10.00. The Kier molecular flexibility index (Phi) is 2.38. The van der Waals surface area contributed by atoms with Crippen molar-refractivity contribution >= 4 is 5.69 Å². The fraction of sp³-hybridized carbons (Fsp3) is 0.364. The van der Waals surface area contributed by atoms with Gasteiger partial charge < -0.3 is 11.1 Å². The molecule has 1 atom stereocenters. The number of hydrogen-bond donors (Lipinski definition) is 2. The zero-order valence-corrected chi connectivity index (χ0v) is 7.96. The molecule has 3 heteroatoms. The van der Waals surface area contributed by atoms with Crippen molar-refractivity contribution in [2.45, 2.75) is 18.9 Å². The summed E-state index contributed by atoms with van der Waals surface area (Å²) in [6, 6.07) is 8.06. The lowest BCUT2D eigenvalue weighted by molar-refractivity contribution is 0.750. The van der Waals surface area contributed by atoms with Crippen LogP contribution in [-0.4, -0.2) is 6.54 Å². The number of benzene rings is 1. The van der Waals surface area contributed by atoms with Crippen LogP contribution in [0.1, 0.15) is 23.6 Å². The van der Waals surface area contributed by atoms with E-state index in [0.29, 0.717) is 6.42 Å². The summed E-state index contributed by atoms with van der Waals surface area (Å²) < 4.78 is 0. The van der Waals surface area contributed by atoms with E-state index in [-0.39, 0.29) is 6.04 Å². The van der Waals surface area contributed by atoms with E-state index in [1.54, 1.807) is 0 Å². The maximum absolute atomic E-state index is 8.60. The standard InChI is InChI=1S/C11H13N3/c12-6-4-10(13)9-3-1-2-8-5-7-14-11(8)9/h1-3,10,14H,4-5,7,13H2/t10-/m1/s1. The van der Waals surface area contributed by atoms with Gasteiger partial charge in [-0.25, -0.2) is 0 Å². The van der Waals surface area contributed by atoms with Crippen LogP contribution >= 0.6 is 0 Å². The average Bonchev–Trinajstić information content (AvgIpc) is 2.65. The maximum atomic E-state index is 8.60. The molecule has 0 aromatic heterocycles. The van der Waals surface area contributed by atoms with E-state index >= 15 is 0 Å². The van der Waals surface area contributed by atoms with Crippen LogP contribution in [0.3, 0.4) is 0 Å². The number of hydrogen-bond acceptors (Lipinski definition) is 3. The van der Waals surface area contributed by atoms with Crippen molar-refractivity contribution in [3.8, 4) is 6.07 Å². The van der Waals surface area contributed by atoms with Gasteiger partial charge in [0.2, 0.25) is 0 Å². The molecule has 1 aromatic rings. The van der Waals surface area contributed by atoms with Crippen molar-refractivity contribution in [1.29, 1.82) is 5.26 Å². The van der Waals surface area contributed by atoms with E-state index in [1.165, 1.54) is 5.56 Å². The molecule has 0 unspecified atom stereocenters. The number of fused-ring (bicyclic) bond motifs is 1. The number of para-hydroxylation sites is 1. The van der Waals surface area contributed by atoms with Gasteiger partial charge in [0.25, 0.3) is 0 Å². The highest BCUT2D eigenvalue weighted by atomic mass is 14.9. The molecule has 0 bridgehead atoms. The van der Waals surface area contributed by atoms with Gasteiger partial charge in [-0.2, -0.15) is 5.26 Å². The SMILES string of the molecule is N#CC[C@@H](N)c1cccc2c1NCC2. The first-order valence-electron chi connectivity index (χ1n) is 4.81. The molecule has 0 radical (unpaired) electrons. The summed E-state index contributed by atoms with van der Waals surface area (Å²) in [5, 5.41) is 11.9. The molecule has 0 fully saturated rings. The van der Waals surface area contributed by atoms with Crippen LogP contribution in [0.15, 0.2) is 18.2 Å². The Morgan fingerprint density at radius 3 is 3.21 bits per heavy atom. The van der Waals surface area contributed by atoms with Gasteiger partial charge in [-0.1, -0.05) is 18.2 Å². The van der Waals surface area contributed by atoms with E-state index in [2.05, 4.69) is 17.5 Å². The highest BCUT2D eigenvalue weighted by Crippen LogP contribution is 2.30. The van der Waals surface area contributed by atoms with Crippen LogP contribution in [0, 0.1) is 11.3 Å². The second-order valence-electron chi connectivity index (χ2n) is 3.53. The Morgan fingerprint density at radius 2 is 2.43 bits per heavy atom. The van der Waals surface area contributed by atoms with Gasteiger partial charge in [0.05, 0.1) is 12.5 Å². The van der Waals surface area contributed by atoms with Gasteiger partial charge >= 0.3 is 0 Å². The molecule has 0 amide bonds. The highest BCUT2D eigenvalue weighted by Gasteiger charge is 2.17. The molecule has 1 aliphatic rings. The van der Waals surface area contributed by atoms with Gasteiger partial charge in [0, 0.05) is 18.3 Å². The third kappa shape index (κ3) is 1.45. The summed E-state index contributed by atoms with van der Waals surface area (Å²) >= 11 is 0. The topological polar surface area (TPSA) is 61.8 Å². The van der Waals surface area contributed by atoms with E-state index in [9.17, 15) is 0 Å². The number of anilines is 1. The number of nitriles is 1. The van der Waals surface area contributed by atoms with Crippen molar-refractivity contribution in [3.05, 3.63) is 29.3 Å².